The lowest BCUT2D eigenvalue weighted by Gasteiger charge is -2.11. The molecule has 2 aromatic heterocycles. The van der Waals surface area contributed by atoms with Gasteiger partial charge < -0.3 is 20.9 Å². The van der Waals surface area contributed by atoms with Gasteiger partial charge in [0, 0.05) is 12.6 Å². The van der Waals surface area contributed by atoms with Crippen molar-refractivity contribution in [3.05, 3.63) is 54.0 Å². The number of nitrogens with two attached hydrogens (primary N) is 1. The maximum atomic E-state index is 6.11. The second-order valence-corrected chi connectivity index (χ2v) is 5.09. The number of nitrogens with zero attached hydrogens (tertiary/aromatic N) is 3. The van der Waals surface area contributed by atoms with Crippen molar-refractivity contribution in [2.75, 3.05) is 22.9 Å². The molecule has 4 N–H and O–H groups in total. The lowest BCUT2D eigenvalue weighted by molar-refractivity contribution is 0.400. The molecule has 0 saturated carbocycles. The fraction of sp³-hybridized carbons (Fsp3) is 0.188. The van der Waals surface area contributed by atoms with Gasteiger partial charge in [0.1, 0.15) is 17.8 Å². The van der Waals surface area contributed by atoms with Crippen molar-refractivity contribution in [3.8, 4) is 0 Å². The Morgan fingerprint density at radius 2 is 1.91 bits per heavy atom. The largest absolute Gasteiger partial charge is 0.393 e. The van der Waals surface area contributed by atoms with Gasteiger partial charge >= 0.3 is 0 Å². The number of hydrogen-bond donors (Lipinski definition) is 3. The molecule has 23 heavy (non-hydrogen) atoms. The molecule has 2 heterocycles. The van der Waals surface area contributed by atoms with Gasteiger partial charge in [-0.15, -0.1) is 0 Å². The summed E-state index contributed by atoms with van der Waals surface area (Å²) in [4.78, 5) is 8.33. The lowest BCUT2D eigenvalue weighted by atomic mass is 10.1. The van der Waals surface area contributed by atoms with Gasteiger partial charge in [-0.25, -0.2) is 9.97 Å². The minimum Gasteiger partial charge on any atom is -0.393 e. The van der Waals surface area contributed by atoms with Gasteiger partial charge in [0.05, 0.1) is 0 Å². The highest BCUT2D eigenvalue weighted by molar-refractivity contribution is 5.76. The molecule has 0 unspecified atom stereocenters. The summed E-state index contributed by atoms with van der Waals surface area (Å²) in [7, 11) is 0. The molecule has 1 aromatic carbocycles. The number of nitrogen functional groups attached to an aromatic ring is 1. The Bertz CT molecular complexity index is 771. The van der Waals surface area contributed by atoms with Gasteiger partial charge in [-0.05, 0) is 18.9 Å². The van der Waals surface area contributed by atoms with E-state index < -0.39 is 0 Å². The summed E-state index contributed by atoms with van der Waals surface area (Å²) in [5.41, 5.74) is 7.81. The van der Waals surface area contributed by atoms with Crippen LogP contribution in [0.5, 0.6) is 0 Å². The molecule has 7 nitrogen and oxygen atoms in total. The zero-order chi connectivity index (χ0) is 16.1. The van der Waals surface area contributed by atoms with E-state index in [0.717, 1.165) is 13.0 Å². The topological polar surface area (TPSA) is 102 Å². The summed E-state index contributed by atoms with van der Waals surface area (Å²) in [6, 6.07) is 12.0. The van der Waals surface area contributed by atoms with Gasteiger partial charge in [-0.3, -0.25) is 0 Å². The Morgan fingerprint density at radius 3 is 2.65 bits per heavy atom. The molecule has 0 fully saturated rings. The molecule has 0 aliphatic carbocycles. The fourth-order valence-corrected chi connectivity index (χ4v) is 2.15. The van der Waals surface area contributed by atoms with Crippen LogP contribution < -0.4 is 16.4 Å². The van der Waals surface area contributed by atoms with E-state index in [1.54, 1.807) is 6.07 Å². The normalized spacial score (nSPS) is 10.5. The van der Waals surface area contributed by atoms with Crippen LogP contribution in [0.3, 0.4) is 0 Å². The first-order chi connectivity index (χ1) is 11.2. The van der Waals surface area contributed by atoms with Crippen LogP contribution in [0.25, 0.3) is 0 Å². The van der Waals surface area contributed by atoms with Gasteiger partial charge in [-0.1, -0.05) is 35.5 Å². The average molecular weight is 310 g/mol. The minimum absolute atomic E-state index is 0.446. The number of rotatable bonds is 6. The van der Waals surface area contributed by atoms with Gasteiger partial charge in [0.15, 0.2) is 17.5 Å². The second-order valence-electron chi connectivity index (χ2n) is 5.09. The third-order valence-corrected chi connectivity index (χ3v) is 3.31. The summed E-state index contributed by atoms with van der Waals surface area (Å²) in [6.07, 6.45) is 2.34. The van der Waals surface area contributed by atoms with Crippen molar-refractivity contribution in [3.63, 3.8) is 0 Å². The summed E-state index contributed by atoms with van der Waals surface area (Å²) < 4.78 is 5.01. The maximum Gasteiger partial charge on any atom is 0.175 e. The highest BCUT2D eigenvalue weighted by Crippen LogP contribution is 2.25. The number of aryl methyl sites for hydroxylation is 1. The molecule has 0 saturated heterocycles. The fourth-order valence-electron chi connectivity index (χ4n) is 2.15. The van der Waals surface area contributed by atoms with Crippen LogP contribution in [0, 0.1) is 6.92 Å². The molecule has 118 valence electrons. The average Bonchev–Trinajstić information content (AvgIpc) is 2.97. The SMILES string of the molecule is Cc1cc(Nc2ncnc(NCCc3ccccc3)c2N)no1. The Balaban J connectivity index is 1.65. The van der Waals surface area contributed by atoms with Crippen LogP contribution in [-0.2, 0) is 6.42 Å². The van der Waals surface area contributed by atoms with E-state index in [1.165, 1.54) is 11.9 Å². The molecular formula is C16H18N6O. The predicted octanol–water partition coefficient (Wildman–Crippen LogP) is 2.75. The zero-order valence-corrected chi connectivity index (χ0v) is 12.8. The number of nitrogens with one attached hydrogen (secondary N) is 2. The number of hydrogen-bond acceptors (Lipinski definition) is 7. The molecule has 0 amide bonds. The first-order valence-electron chi connectivity index (χ1n) is 7.31. The first kappa shape index (κ1) is 14.8. The number of benzene rings is 1. The van der Waals surface area contributed by atoms with E-state index in [-0.39, 0.29) is 0 Å². The van der Waals surface area contributed by atoms with Crippen molar-refractivity contribution in [1.82, 2.24) is 15.1 Å². The van der Waals surface area contributed by atoms with Crippen LogP contribution in [-0.4, -0.2) is 21.7 Å². The van der Waals surface area contributed by atoms with Crippen molar-refractivity contribution in [1.29, 1.82) is 0 Å². The van der Waals surface area contributed by atoms with E-state index in [0.29, 0.717) is 28.9 Å². The molecule has 7 heteroatoms. The summed E-state index contributed by atoms with van der Waals surface area (Å²) in [5.74, 6) is 2.36. The van der Waals surface area contributed by atoms with Crippen molar-refractivity contribution >= 4 is 23.1 Å². The number of aromatic nitrogens is 3. The third-order valence-electron chi connectivity index (χ3n) is 3.31. The Kier molecular flexibility index (Phi) is 4.37. The molecule has 0 spiro atoms. The van der Waals surface area contributed by atoms with Gasteiger partial charge in [-0.2, -0.15) is 0 Å². The Hall–Kier alpha value is -3.09. The highest BCUT2D eigenvalue weighted by Gasteiger charge is 2.09. The van der Waals surface area contributed by atoms with Crippen LogP contribution in [0.1, 0.15) is 11.3 Å². The second kappa shape index (κ2) is 6.78. The van der Waals surface area contributed by atoms with Gasteiger partial charge in [0.25, 0.3) is 0 Å². The van der Waals surface area contributed by atoms with Crippen LogP contribution >= 0.6 is 0 Å². The first-order valence-corrected chi connectivity index (χ1v) is 7.31. The van der Waals surface area contributed by atoms with E-state index >= 15 is 0 Å². The van der Waals surface area contributed by atoms with E-state index in [2.05, 4.69) is 37.9 Å². The van der Waals surface area contributed by atoms with Crippen molar-refractivity contribution in [2.45, 2.75) is 13.3 Å². The van der Waals surface area contributed by atoms with E-state index in [9.17, 15) is 0 Å². The quantitative estimate of drug-likeness (QED) is 0.643. The van der Waals surface area contributed by atoms with Gasteiger partial charge in [0.2, 0.25) is 0 Å². The van der Waals surface area contributed by atoms with Crippen molar-refractivity contribution in [2.24, 2.45) is 0 Å². The van der Waals surface area contributed by atoms with Crippen LogP contribution in [0.4, 0.5) is 23.1 Å². The van der Waals surface area contributed by atoms with E-state index in [1.807, 2.05) is 25.1 Å². The third kappa shape index (κ3) is 3.76. The zero-order valence-electron chi connectivity index (χ0n) is 12.8. The minimum atomic E-state index is 0.446. The molecular weight excluding hydrogens is 292 g/mol. The molecule has 0 aliphatic rings. The summed E-state index contributed by atoms with van der Waals surface area (Å²) in [6.45, 7) is 2.55. The molecule has 0 bridgehead atoms. The monoisotopic (exact) mass is 310 g/mol. The summed E-state index contributed by atoms with van der Waals surface area (Å²) in [5, 5.41) is 10.1. The molecule has 3 rings (SSSR count). The Labute approximate surface area is 133 Å². The lowest BCUT2D eigenvalue weighted by Crippen LogP contribution is -2.10. The van der Waals surface area contributed by atoms with Crippen LogP contribution in [0.2, 0.25) is 0 Å². The van der Waals surface area contributed by atoms with E-state index in [4.69, 9.17) is 10.3 Å². The smallest absolute Gasteiger partial charge is 0.175 e. The number of anilines is 4. The molecule has 3 aromatic rings. The van der Waals surface area contributed by atoms with Crippen molar-refractivity contribution < 1.29 is 4.52 Å². The molecule has 0 aliphatic heterocycles. The van der Waals surface area contributed by atoms with Crippen LogP contribution in [0.15, 0.2) is 47.2 Å². The summed E-state index contributed by atoms with van der Waals surface area (Å²) >= 11 is 0. The highest BCUT2D eigenvalue weighted by atomic mass is 16.5. The maximum absolute atomic E-state index is 6.11. The predicted molar refractivity (Wildman–Crippen MR) is 89.6 cm³/mol. The molecule has 0 radical (unpaired) electrons. The Morgan fingerprint density at radius 1 is 1.13 bits per heavy atom. The standard InChI is InChI=1S/C16H18N6O/c1-11-9-13(22-23-11)21-16-14(17)15(19-10-20-16)18-8-7-12-5-3-2-4-6-12/h2-6,9-10H,7-8,17H2,1H3,(H2,18,19,20,21,22). The molecule has 0 atom stereocenters.